The van der Waals surface area contributed by atoms with Crippen molar-refractivity contribution < 1.29 is 14.7 Å². The number of fused-ring (bicyclic) bond motifs is 1. The van der Waals surface area contributed by atoms with Crippen LogP contribution in [0.25, 0.3) is 0 Å². The zero-order valence-electron chi connectivity index (χ0n) is 14.0. The monoisotopic (exact) mass is 319 g/mol. The standard InChI is InChI=1S/C19H29NO3/c21-18(15-6-3-13(4-7-15)12-1-2-12)20-10-9-14-5-8-16(19(22)23)11-17(14)20/h12-17H,1-11H2,(H,22,23). The summed E-state index contributed by atoms with van der Waals surface area (Å²) >= 11 is 0. The van der Waals surface area contributed by atoms with Crippen molar-refractivity contribution in [1.82, 2.24) is 4.90 Å². The van der Waals surface area contributed by atoms with E-state index in [1.54, 1.807) is 0 Å². The molecule has 0 aromatic heterocycles. The summed E-state index contributed by atoms with van der Waals surface area (Å²) in [6.45, 7) is 0.864. The maximum atomic E-state index is 13.0. The van der Waals surface area contributed by atoms with Crippen LogP contribution in [0.4, 0.5) is 0 Å². The highest BCUT2D eigenvalue weighted by molar-refractivity contribution is 5.80. The molecule has 1 N–H and O–H groups in total. The first-order valence-corrected chi connectivity index (χ1v) is 9.66. The first-order valence-electron chi connectivity index (χ1n) is 9.66. The molecule has 0 aromatic carbocycles. The minimum absolute atomic E-state index is 0.207. The second kappa shape index (κ2) is 6.10. The molecule has 3 atom stereocenters. The topological polar surface area (TPSA) is 57.6 Å². The molecule has 3 aliphatic carbocycles. The van der Waals surface area contributed by atoms with Crippen molar-refractivity contribution in [3.05, 3.63) is 0 Å². The third kappa shape index (κ3) is 3.01. The number of aliphatic carboxylic acids is 1. The summed E-state index contributed by atoms with van der Waals surface area (Å²) in [5, 5.41) is 9.32. The smallest absolute Gasteiger partial charge is 0.306 e. The van der Waals surface area contributed by atoms with Crippen molar-refractivity contribution in [3.8, 4) is 0 Å². The van der Waals surface area contributed by atoms with Crippen LogP contribution >= 0.6 is 0 Å². The van der Waals surface area contributed by atoms with E-state index in [9.17, 15) is 14.7 Å². The molecule has 3 saturated carbocycles. The molecule has 4 aliphatic rings. The molecule has 3 unspecified atom stereocenters. The molecule has 4 rings (SSSR count). The highest BCUT2D eigenvalue weighted by Gasteiger charge is 2.45. The third-order valence-corrected chi connectivity index (χ3v) is 7.14. The Balaban J connectivity index is 1.37. The first-order chi connectivity index (χ1) is 11.1. The molecular weight excluding hydrogens is 290 g/mol. The van der Waals surface area contributed by atoms with Crippen molar-refractivity contribution in [2.24, 2.45) is 29.6 Å². The highest BCUT2D eigenvalue weighted by Crippen LogP contribution is 2.46. The van der Waals surface area contributed by atoms with Crippen LogP contribution in [0.1, 0.15) is 64.2 Å². The van der Waals surface area contributed by atoms with Crippen molar-refractivity contribution in [3.63, 3.8) is 0 Å². The maximum Gasteiger partial charge on any atom is 0.306 e. The second-order valence-electron chi connectivity index (χ2n) is 8.45. The molecule has 23 heavy (non-hydrogen) atoms. The third-order valence-electron chi connectivity index (χ3n) is 7.14. The predicted octanol–water partition coefficient (Wildman–Crippen LogP) is 3.30. The summed E-state index contributed by atoms with van der Waals surface area (Å²) < 4.78 is 0. The van der Waals surface area contributed by atoms with E-state index in [1.165, 1.54) is 25.7 Å². The van der Waals surface area contributed by atoms with Gasteiger partial charge in [0.15, 0.2) is 0 Å². The zero-order chi connectivity index (χ0) is 16.0. The molecule has 0 radical (unpaired) electrons. The van der Waals surface area contributed by atoms with Crippen LogP contribution in [0.2, 0.25) is 0 Å². The Morgan fingerprint density at radius 3 is 1.91 bits per heavy atom. The molecule has 4 nitrogen and oxygen atoms in total. The lowest BCUT2D eigenvalue weighted by atomic mass is 9.77. The molecule has 1 heterocycles. The Bertz CT molecular complexity index is 479. The summed E-state index contributed by atoms with van der Waals surface area (Å²) in [5.74, 6) is 2.06. The summed E-state index contributed by atoms with van der Waals surface area (Å²) in [6.07, 6.45) is 11.0. The largest absolute Gasteiger partial charge is 0.481 e. The number of amides is 1. The van der Waals surface area contributed by atoms with Crippen molar-refractivity contribution >= 4 is 11.9 Å². The average Bonchev–Trinajstić information content (AvgIpc) is 3.33. The van der Waals surface area contributed by atoms with E-state index >= 15 is 0 Å². The van der Waals surface area contributed by atoms with Gasteiger partial charge in [0, 0.05) is 18.5 Å². The Morgan fingerprint density at radius 2 is 1.30 bits per heavy atom. The summed E-state index contributed by atoms with van der Waals surface area (Å²) in [4.78, 5) is 26.4. The number of rotatable bonds is 3. The van der Waals surface area contributed by atoms with Crippen LogP contribution in [0, 0.1) is 29.6 Å². The van der Waals surface area contributed by atoms with Crippen molar-refractivity contribution in [1.29, 1.82) is 0 Å². The lowest BCUT2D eigenvalue weighted by molar-refractivity contribution is -0.146. The molecule has 1 saturated heterocycles. The Kier molecular flexibility index (Phi) is 4.10. The van der Waals surface area contributed by atoms with E-state index in [1.807, 2.05) is 0 Å². The van der Waals surface area contributed by atoms with Gasteiger partial charge in [-0.1, -0.05) is 0 Å². The van der Waals surface area contributed by atoms with Gasteiger partial charge < -0.3 is 10.0 Å². The van der Waals surface area contributed by atoms with Gasteiger partial charge in [-0.3, -0.25) is 9.59 Å². The quantitative estimate of drug-likeness (QED) is 0.868. The molecule has 4 fully saturated rings. The van der Waals surface area contributed by atoms with E-state index in [-0.39, 0.29) is 17.9 Å². The fourth-order valence-corrected chi connectivity index (χ4v) is 5.54. The van der Waals surface area contributed by atoms with E-state index in [0.717, 1.165) is 50.5 Å². The fraction of sp³-hybridized carbons (Fsp3) is 0.895. The lowest BCUT2D eigenvalue weighted by Gasteiger charge is -2.37. The summed E-state index contributed by atoms with van der Waals surface area (Å²) in [6, 6.07) is 0.207. The van der Waals surface area contributed by atoms with Gasteiger partial charge in [0.1, 0.15) is 0 Å². The second-order valence-corrected chi connectivity index (χ2v) is 8.45. The van der Waals surface area contributed by atoms with Gasteiger partial charge in [-0.2, -0.15) is 0 Å². The van der Waals surface area contributed by atoms with Gasteiger partial charge in [-0.05, 0) is 82.0 Å². The number of carbonyl (C=O) groups is 2. The molecule has 1 amide bonds. The summed E-state index contributed by atoms with van der Waals surface area (Å²) in [7, 11) is 0. The van der Waals surface area contributed by atoms with Crippen LogP contribution in [-0.2, 0) is 9.59 Å². The van der Waals surface area contributed by atoms with Gasteiger partial charge in [-0.15, -0.1) is 0 Å². The molecule has 0 bridgehead atoms. The maximum absolute atomic E-state index is 13.0. The number of carboxylic acids is 1. The Hall–Kier alpha value is -1.06. The number of nitrogens with zero attached hydrogens (tertiary/aromatic N) is 1. The van der Waals surface area contributed by atoms with Crippen LogP contribution in [0.3, 0.4) is 0 Å². The fourth-order valence-electron chi connectivity index (χ4n) is 5.54. The SMILES string of the molecule is O=C(O)C1CCC2CCN(C(=O)C3CCC(C4CC4)CC3)C2C1. The van der Waals surface area contributed by atoms with E-state index < -0.39 is 5.97 Å². The normalized spacial score (nSPS) is 40.7. The molecule has 4 heteroatoms. The van der Waals surface area contributed by atoms with Gasteiger partial charge in [-0.25, -0.2) is 0 Å². The first kappa shape index (κ1) is 15.5. The molecule has 0 spiro atoms. The van der Waals surface area contributed by atoms with Gasteiger partial charge >= 0.3 is 5.97 Å². The number of likely N-dealkylation sites (tertiary alicyclic amines) is 1. The Morgan fingerprint density at radius 1 is 0.739 bits per heavy atom. The zero-order valence-corrected chi connectivity index (χ0v) is 14.0. The highest BCUT2D eigenvalue weighted by atomic mass is 16.4. The van der Waals surface area contributed by atoms with Crippen LogP contribution in [-0.4, -0.2) is 34.5 Å². The van der Waals surface area contributed by atoms with Gasteiger partial charge in [0.25, 0.3) is 0 Å². The predicted molar refractivity (Wildman–Crippen MR) is 86.8 cm³/mol. The Labute approximate surface area is 138 Å². The van der Waals surface area contributed by atoms with E-state index in [4.69, 9.17) is 0 Å². The van der Waals surface area contributed by atoms with E-state index in [0.29, 0.717) is 18.2 Å². The van der Waals surface area contributed by atoms with Gasteiger partial charge in [0.2, 0.25) is 5.91 Å². The molecule has 1 aliphatic heterocycles. The number of carboxylic acid groups (broad SMARTS) is 1. The van der Waals surface area contributed by atoms with Crippen LogP contribution in [0.15, 0.2) is 0 Å². The molecule has 0 aromatic rings. The number of hydrogen-bond acceptors (Lipinski definition) is 2. The van der Waals surface area contributed by atoms with Crippen LogP contribution in [0.5, 0.6) is 0 Å². The van der Waals surface area contributed by atoms with Crippen molar-refractivity contribution in [2.75, 3.05) is 6.54 Å². The summed E-state index contributed by atoms with van der Waals surface area (Å²) in [5.41, 5.74) is 0. The minimum atomic E-state index is -0.673. The van der Waals surface area contributed by atoms with Crippen LogP contribution < -0.4 is 0 Å². The van der Waals surface area contributed by atoms with Crippen molar-refractivity contribution in [2.45, 2.75) is 70.3 Å². The van der Waals surface area contributed by atoms with Gasteiger partial charge in [0.05, 0.1) is 5.92 Å². The lowest BCUT2D eigenvalue weighted by Crippen LogP contribution is -2.45. The molecule has 128 valence electrons. The van der Waals surface area contributed by atoms with E-state index in [2.05, 4.69) is 4.90 Å². The molecular formula is C19H29NO3. The average molecular weight is 319 g/mol. The number of hydrogen-bond donors (Lipinski definition) is 1. The number of carbonyl (C=O) groups excluding carboxylic acids is 1. The minimum Gasteiger partial charge on any atom is -0.481 e.